The maximum absolute atomic E-state index is 13.0. The number of rotatable bonds is 4. The van der Waals surface area contributed by atoms with Crippen LogP contribution in [0.25, 0.3) is 0 Å². The van der Waals surface area contributed by atoms with Crippen molar-refractivity contribution in [3.63, 3.8) is 0 Å². The standard InChI is InChI=1S/C14H17ClFNO/c15-6-4-11-5-7-17(10-11)14(18)9-12-2-1-3-13(16)8-12/h1-3,8,11H,4-7,9-10H2. The Kier molecular flexibility index (Phi) is 4.59. The Hall–Kier alpha value is -1.09. The Labute approximate surface area is 112 Å². The topological polar surface area (TPSA) is 20.3 Å². The van der Waals surface area contributed by atoms with Gasteiger partial charge in [-0.1, -0.05) is 12.1 Å². The molecule has 0 N–H and O–H groups in total. The van der Waals surface area contributed by atoms with E-state index in [0.29, 0.717) is 11.8 Å². The Morgan fingerprint density at radius 3 is 3.06 bits per heavy atom. The Morgan fingerprint density at radius 2 is 2.33 bits per heavy atom. The molecule has 2 rings (SSSR count). The van der Waals surface area contributed by atoms with Crippen LogP contribution in [0.1, 0.15) is 18.4 Å². The summed E-state index contributed by atoms with van der Waals surface area (Å²) in [6.07, 6.45) is 2.28. The van der Waals surface area contributed by atoms with Gasteiger partial charge in [-0.2, -0.15) is 0 Å². The van der Waals surface area contributed by atoms with Crippen LogP contribution < -0.4 is 0 Å². The van der Waals surface area contributed by atoms with Crippen molar-refractivity contribution in [2.45, 2.75) is 19.3 Å². The third kappa shape index (κ3) is 3.45. The highest BCUT2D eigenvalue weighted by Gasteiger charge is 2.25. The lowest BCUT2D eigenvalue weighted by atomic mass is 10.1. The molecule has 1 atom stereocenters. The van der Waals surface area contributed by atoms with Crippen LogP contribution in [-0.2, 0) is 11.2 Å². The quantitative estimate of drug-likeness (QED) is 0.770. The van der Waals surface area contributed by atoms with Crippen molar-refractivity contribution >= 4 is 17.5 Å². The lowest BCUT2D eigenvalue weighted by molar-refractivity contribution is -0.129. The van der Waals surface area contributed by atoms with E-state index < -0.39 is 0 Å². The molecule has 0 aromatic heterocycles. The first-order valence-electron chi connectivity index (χ1n) is 6.27. The number of carbonyl (C=O) groups excluding carboxylic acids is 1. The predicted molar refractivity (Wildman–Crippen MR) is 70.1 cm³/mol. The van der Waals surface area contributed by atoms with E-state index in [2.05, 4.69) is 0 Å². The average Bonchev–Trinajstić information content (AvgIpc) is 2.78. The number of halogens is 2. The van der Waals surface area contributed by atoms with Gasteiger partial charge in [0.05, 0.1) is 6.42 Å². The van der Waals surface area contributed by atoms with E-state index in [0.717, 1.165) is 31.5 Å². The van der Waals surface area contributed by atoms with Gasteiger partial charge in [-0.15, -0.1) is 11.6 Å². The van der Waals surface area contributed by atoms with E-state index in [4.69, 9.17) is 11.6 Å². The molecule has 1 amide bonds. The largest absolute Gasteiger partial charge is 0.342 e. The molecule has 1 aliphatic rings. The maximum atomic E-state index is 13.0. The fourth-order valence-corrected chi connectivity index (χ4v) is 2.69. The minimum Gasteiger partial charge on any atom is -0.342 e. The van der Waals surface area contributed by atoms with Gasteiger partial charge in [0, 0.05) is 19.0 Å². The van der Waals surface area contributed by atoms with E-state index in [1.165, 1.54) is 12.1 Å². The molecule has 0 saturated carbocycles. The highest BCUT2D eigenvalue weighted by atomic mass is 35.5. The molecule has 1 aromatic carbocycles. The summed E-state index contributed by atoms with van der Waals surface area (Å²) in [6, 6.07) is 6.23. The molecule has 18 heavy (non-hydrogen) atoms. The Bertz CT molecular complexity index is 424. The molecule has 0 bridgehead atoms. The highest BCUT2D eigenvalue weighted by Crippen LogP contribution is 2.20. The van der Waals surface area contributed by atoms with Gasteiger partial charge in [0.2, 0.25) is 5.91 Å². The molecule has 1 aliphatic heterocycles. The molecule has 2 nitrogen and oxygen atoms in total. The van der Waals surface area contributed by atoms with Gasteiger partial charge < -0.3 is 4.90 Å². The predicted octanol–water partition coefficient (Wildman–Crippen LogP) is 2.85. The number of hydrogen-bond acceptors (Lipinski definition) is 1. The first-order valence-corrected chi connectivity index (χ1v) is 6.80. The third-order valence-corrected chi connectivity index (χ3v) is 3.62. The van der Waals surface area contributed by atoms with Crippen molar-refractivity contribution in [3.05, 3.63) is 35.6 Å². The molecular formula is C14H17ClFNO. The van der Waals surface area contributed by atoms with Crippen LogP contribution in [-0.4, -0.2) is 29.8 Å². The van der Waals surface area contributed by atoms with Gasteiger partial charge in [-0.05, 0) is 36.5 Å². The zero-order chi connectivity index (χ0) is 13.0. The minimum absolute atomic E-state index is 0.0812. The summed E-state index contributed by atoms with van der Waals surface area (Å²) in [4.78, 5) is 13.9. The fourth-order valence-electron chi connectivity index (χ4n) is 2.38. The van der Waals surface area contributed by atoms with Crippen molar-refractivity contribution in [3.8, 4) is 0 Å². The number of carbonyl (C=O) groups is 1. The normalized spacial score (nSPS) is 19.2. The summed E-state index contributed by atoms with van der Waals surface area (Å²) >= 11 is 5.71. The Balaban J connectivity index is 1.89. The third-order valence-electron chi connectivity index (χ3n) is 3.40. The van der Waals surface area contributed by atoms with Crippen molar-refractivity contribution in [1.29, 1.82) is 0 Å². The summed E-state index contributed by atoms with van der Waals surface area (Å²) in [5.74, 6) is 0.967. The number of benzene rings is 1. The highest BCUT2D eigenvalue weighted by molar-refractivity contribution is 6.17. The van der Waals surface area contributed by atoms with Crippen LogP contribution in [0.3, 0.4) is 0 Å². The first-order chi connectivity index (χ1) is 8.69. The first kappa shape index (κ1) is 13.3. The van der Waals surface area contributed by atoms with Crippen molar-refractivity contribution in [2.24, 2.45) is 5.92 Å². The lowest BCUT2D eigenvalue weighted by Gasteiger charge is -2.16. The van der Waals surface area contributed by atoms with Crippen LogP contribution >= 0.6 is 11.6 Å². The van der Waals surface area contributed by atoms with E-state index in [-0.39, 0.29) is 18.1 Å². The Morgan fingerprint density at radius 1 is 1.50 bits per heavy atom. The summed E-state index contributed by atoms with van der Waals surface area (Å²) in [7, 11) is 0. The molecule has 1 aromatic rings. The summed E-state index contributed by atoms with van der Waals surface area (Å²) in [5, 5.41) is 0. The smallest absolute Gasteiger partial charge is 0.227 e. The van der Waals surface area contributed by atoms with Crippen LogP contribution in [0.4, 0.5) is 4.39 Å². The van der Waals surface area contributed by atoms with Gasteiger partial charge in [0.25, 0.3) is 0 Å². The zero-order valence-electron chi connectivity index (χ0n) is 10.2. The minimum atomic E-state index is -0.290. The molecule has 0 aliphatic carbocycles. The van der Waals surface area contributed by atoms with E-state index in [9.17, 15) is 9.18 Å². The molecule has 4 heteroatoms. The number of alkyl halides is 1. The summed E-state index contributed by atoms with van der Waals surface area (Å²) < 4.78 is 13.0. The van der Waals surface area contributed by atoms with Crippen molar-refractivity contribution in [2.75, 3.05) is 19.0 Å². The average molecular weight is 270 g/mol. The second-order valence-electron chi connectivity index (χ2n) is 4.78. The molecule has 1 unspecified atom stereocenters. The number of likely N-dealkylation sites (tertiary alicyclic amines) is 1. The number of nitrogens with zero attached hydrogens (tertiary/aromatic N) is 1. The molecular weight excluding hydrogens is 253 g/mol. The van der Waals surface area contributed by atoms with Crippen LogP contribution in [0.5, 0.6) is 0 Å². The molecule has 1 fully saturated rings. The van der Waals surface area contributed by atoms with Gasteiger partial charge in [0.1, 0.15) is 5.82 Å². The number of amides is 1. The van der Waals surface area contributed by atoms with Gasteiger partial charge >= 0.3 is 0 Å². The van der Waals surface area contributed by atoms with Crippen LogP contribution in [0.2, 0.25) is 0 Å². The van der Waals surface area contributed by atoms with Gasteiger partial charge in [-0.3, -0.25) is 4.79 Å². The molecule has 1 saturated heterocycles. The molecule has 0 spiro atoms. The van der Waals surface area contributed by atoms with E-state index >= 15 is 0 Å². The zero-order valence-corrected chi connectivity index (χ0v) is 11.0. The second kappa shape index (κ2) is 6.19. The lowest BCUT2D eigenvalue weighted by Crippen LogP contribution is -2.30. The fraction of sp³-hybridized carbons (Fsp3) is 0.500. The van der Waals surface area contributed by atoms with Crippen molar-refractivity contribution < 1.29 is 9.18 Å². The number of hydrogen-bond donors (Lipinski definition) is 0. The summed E-state index contributed by atoms with van der Waals surface area (Å²) in [6.45, 7) is 1.59. The monoisotopic (exact) mass is 269 g/mol. The SMILES string of the molecule is O=C(Cc1cccc(F)c1)N1CCC(CCCl)C1. The maximum Gasteiger partial charge on any atom is 0.227 e. The van der Waals surface area contributed by atoms with Crippen LogP contribution in [0.15, 0.2) is 24.3 Å². The summed E-state index contributed by atoms with van der Waals surface area (Å²) in [5.41, 5.74) is 0.737. The van der Waals surface area contributed by atoms with Crippen molar-refractivity contribution in [1.82, 2.24) is 4.90 Å². The second-order valence-corrected chi connectivity index (χ2v) is 5.16. The molecule has 98 valence electrons. The van der Waals surface area contributed by atoms with Gasteiger partial charge in [-0.25, -0.2) is 4.39 Å². The molecule has 1 heterocycles. The van der Waals surface area contributed by atoms with Crippen LogP contribution in [0, 0.1) is 11.7 Å². The van der Waals surface area contributed by atoms with E-state index in [1.54, 1.807) is 12.1 Å². The van der Waals surface area contributed by atoms with E-state index in [1.807, 2.05) is 4.90 Å². The van der Waals surface area contributed by atoms with Gasteiger partial charge in [0.15, 0.2) is 0 Å². The molecule has 0 radical (unpaired) electrons.